The molecule has 4 aromatic rings. The molecule has 2 aromatic carbocycles. The van der Waals surface area contributed by atoms with Crippen LogP contribution in [0.5, 0.6) is 0 Å². The lowest BCUT2D eigenvalue weighted by atomic mass is 10.3. The summed E-state index contributed by atoms with van der Waals surface area (Å²) in [6.07, 6.45) is 1.34. The maximum absolute atomic E-state index is 13.8. The zero-order valence-corrected chi connectivity index (χ0v) is 14.0. The number of nitrogen functional groups attached to an aromatic ring is 1. The summed E-state index contributed by atoms with van der Waals surface area (Å²) < 4.78 is 15.2. The first-order valence-electron chi connectivity index (χ1n) is 8.07. The monoisotopic (exact) mass is 362 g/mol. The van der Waals surface area contributed by atoms with Crippen LogP contribution in [0.25, 0.3) is 5.82 Å². The number of hydrogen-bond donors (Lipinski definition) is 3. The standard InChI is InChI=1S/C18H15FN8/c19-13-8-4-5-9-14(13)24-15-10-16(22-11-21-15)27-17(20)25-18(26-27)23-12-6-2-1-3-7-12/h1-11H,(H,21,22,24)(H3,20,23,25,26). The fraction of sp³-hybridized carbons (Fsp3) is 0. The van der Waals surface area contributed by atoms with E-state index in [2.05, 4.69) is 30.7 Å². The number of anilines is 5. The molecular formula is C18H15FN8. The van der Waals surface area contributed by atoms with E-state index in [0.29, 0.717) is 23.3 Å². The molecule has 0 aliphatic rings. The molecule has 2 aromatic heterocycles. The average molecular weight is 362 g/mol. The lowest BCUT2D eigenvalue weighted by Crippen LogP contribution is -2.06. The first-order chi connectivity index (χ1) is 13.2. The Morgan fingerprint density at radius 3 is 2.52 bits per heavy atom. The number of nitrogens with one attached hydrogen (secondary N) is 2. The van der Waals surface area contributed by atoms with Crippen LogP contribution >= 0.6 is 0 Å². The van der Waals surface area contributed by atoms with Crippen molar-refractivity contribution in [1.82, 2.24) is 24.7 Å². The van der Waals surface area contributed by atoms with E-state index < -0.39 is 0 Å². The van der Waals surface area contributed by atoms with Gasteiger partial charge in [0.15, 0.2) is 5.82 Å². The number of benzene rings is 2. The SMILES string of the molecule is Nc1nc(Nc2ccccc2)nn1-c1cc(Nc2ccccc2F)ncn1. The second kappa shape index (κ2) is 7.08. The highest BCUT2D eigenvalue weighted by Crippen LogP contribution is 2.20. The van der Waals surface area contributed by atoms with Crippen molar-refractivity contribution in [3.63, 3.8) is 0 Å². The highest BCUT2D eigenvalue weighted by atomic mass is 19.1. The van der Waals surface area contributed by atoms with E-state index in [1.807, 2.05) is 30.3 Å². The highest BCUT2D eigenvalue weighted by Gasteiger charge is 2.12. The summed E-state index contributed by atoms with van der Waals surface area (Å²) in [7, 11) is 0. The Morgan fingerprint density at radius 1 is 0.926 bits per heavy atom. The molecule has 2 heterocycles. The summed E-state index contributed by atoms with van der Waals surface area (Å²) in [6.45, 7) is 0. The smallest absolute Gasteiger partial charge is 0.248 e. The molecule has 0 radical (unpaired) electrons. The van der Waals surface area contributed by atoms with E-state index in [1.165, 1.54) is 17.1 Å². The molecule has 0 atom stereocenters. The number of hydrogen-bond acceptors (Lipinski definition) is 7. The zero-order chi connectivity index (χ0) is 18.6. The Kier molecular flexibility index (Phi) is 4.32. The van der Waals surface area contributed by atoms with Gasteiger partial charge in [-0.05, 0) is 24.3 Å². The molecule has 4 rings (SSSR count). The summed E-state index contributed by atoms with van der Waals surface area (Å²) in [5.41, 5.74) is 7.10. The second-order valence-electron chi connectivity index (χ2n) is 5.56. The number of nitrogens with zero attached hydrogens (tertiary/aromatic N) is 5. The van der Waals surface area contributed by atoms with Gasteiger partial charge in [-0.2, -0.15) is 9.67 Å². The first-order valence-corrected chi connectivity index (χ1v) is 8.07. The minimum absolute atomic E-state index is 0.156. The number of aromatic nitrogens is 5. The third-order valence-corrected chi connectivity index (χ3v) is 3.67. The third kappa shape index (κ3) is 3.66. The van der Waals surface area contributed by atoms with Crippen molar-refractivity contribution < 1.29 is 4.39 Å². The van der Waals surface area contributed by atoms with Crippen LogP contribution in [0, 0.1) is 5.82 Å². The number of para-hydroxylation sites is 2. The van der Waals surface area contributed by atoms with Crippen LogP contribution in [0.4, 0.5) is 33.5 Å². The minimum atomic E-state index is -0.382. The van der Waals surface area contributed by atoms with E-state index in [4.69, 9.17) is 5.73 Å². The molecule has 0 amide bonds. The largest absolute Gasteiger partial charge is 0.368 e. The Labute approximate surface area is 153 Å². The van der Waals surface area contributed by atoms with Gasteiger partial charge in [-0.3, -0.25) is 0 Å². The van der Waals surface area contributed by atoms with E-state index in [1.54, 1.807) is 24.3 Å². The number of nitrogens with two attached hydrogens (primary N) is 1. The molecule has 0 aliphatic heterocycles. The van der Waals surface area contributed by atoms with Crippen molar-refractivity contribution in [3.05, 3.63) is 72.8 Å². The molecule has 0 spiro atoms. The molecule has 8 nitrogen and oxygen atoms in total. The number of halogens is 1. The molecule has 4 N–H and O–H groups in total. The Bertz CT molecular complexity index is 1060. The predicted octanol–water partition coefficient (Wildman–Crippen LogP) is 3.27. The highest BCUT2D eigenvalue weighted by molar-refractivity contribution is 5.58. The van der Waals surface area contributed by atoms with Gasteiger partial charge in [-0.1, -0.05) is 30.3 Å². The van der Waals surface area contributed by atoms with Crippen molar-refractivity contribution in [2.24, 2.45) is 0 Å². The van der Waals surface area contributed by atoms with E-state index in [-0.39, 0.29) is 11.8 Å². The van der Waals surface area contributed by atoms with Gasteiger partial charge in [0, 0.05) is 11.8 Å². The van der Waals surface area contributed by atoms with Gasteiger partial charge in [-0.25, -0.2) is 14.4 Å². The third-order valence-electron chi connectivity index (χ3n) is 3.67. The van der Waals surface area contributed by atoms with Gasteiger partial charge < -0.3 is 16.4 Å². The van der Waals surface area contributed by atoms with Gasteiger partial charge in [0.05, 0.1) is 5.69 Å². The van der Waals surface area contributed by atoms with Crippen molar-refractivity contribution >= 4 is 29.1 Å². The quantitative estimate of drug-likeness (QED) is 0.500. The minimum Gasteiger partial charge on any atom is -0.368 e. The van der Waals surface area contributed by atoms with Crippen LogP contribution in [0.15, 0.2) is 67.0 Å². The summed E-state index contributed by atoms with van der Waals surface area (Å²) in [5, 5.41) is 10.3. The van der Waals surface area contributed by atoms with Gasteiger partial charge in [0.25, 0.3) is 0 Å². The topological polar surface area (TPSA) is 107 Å². The van der Waals surface area contributed by atoms with Gasteiger partial charge >= 0.3 is 0 Å². The molecule has 134 valence electrons. The fourth-order valence-corrected chi connectivity index (χ4v) is 2.43. The predicted molar refractivity (Wildman–Crippen MR) is 101 cm³/mol. The average Bonchev–Trinajstić information content (AvgIpc) is 3.05. The Morgan fingerprint density at radius 2 is 1.70 bits per heavy atom. The van der Waals surface area contributed by atoms with Gasteiger partial charge in [0.2, 0.25) is 11.9 Å². The van der Waals surface area contributed by atoms with Crippen LogP contribution < -0.4 is 16.4 Å². The zero-order valence-electron chi connectivity index (χ0n) is 14.0. The fourth-order valence-electron chi connectivity index (χ4n) is 2.43. The second-order valence-corrected chi connectivity index (χ2v) is 5.56. The van der Waals surface area contributed by atoms with Crippen molar-refractivity contribution in [2.45, 2.75) is 0 Å². The summed E-state index contributed by atoms with van der Waals surface area (Å²) in [5.74, 6) is 0.907. The van der Waals surface area contributed by atoms with Gasteiger partial charge in [-0.15, -0.1) is 5.10 Å². The number of rotatable bonds is 5. The van der Waals surface area contributed by atoms with E-state index in [9.17, 15) is 4.39 Å². The van der Waals surface area contributed by atoms with Crippen LogP contribution in [-0.2, 0) is 0 Å². The molecule has 0 unspecified atom stereocenters. The van der Waals surface area contributed by atoms with Crippen LogP contribution in [0.2, 0.25) is 0 Å². The van der Waals surface area contributed by atoms with E-state index in [0.717, 1.165) is 5.69 Å². The molecule has 0 fully saturated rings. The normalized spacial score (nSPS) is 10.6. The molecule has 0 saturated carbocycles. The van der Waals surface area contributed by atoms with E-state index >= 15 is 0 Å². The first kappa shape index (κ1) is 16.5. The Hall–Kier alpha value is -4.01. The van der Waals surface area contributed by atoms with Gasteiger partial charge in [0.1, 0.15) is 18.0 Å². The van der Waals surface area contributed by atoms with Crippen LogP contribution in [-0.4, -0.2) is 24.7 Å². The molecule has 0 aliphatic carbocycles. The molecule has 9 heteroatoms. The summed E-state index contributed by atoms with van der Waals surface area (Å²) in [6, 6.07) is 17.4. The van der Waals surface area contributed by atoms with Crippen LogP contribution in [0.1, 0.15) is 0 Å². The van der Waals surface area contributed by atoms with Crippen LogP contribution in [0.3, 0.4) is 0 Å². The molecule has 0 saturated heterocycles. The van der Waals surface area contributed by atoms with Crippen molar-refractivity contribution in [1.29, 1.82) is 0 Å². The van der Waals surface area contributed by atoms with Crippen molar-refractivity contribution in [2.75, 3.05) is 16.4 Å². The van der Waals surface area contributed by atoms with Crippen molar-refractivity contribution in [3.8, 4) is 5.82 Å². The molecule has 0 bridgehead atoms. The maximum Gasteiger partial charge on any atom is 0.248 e. The maximum atomic E-state index is 13.8. The lowest BCUT2D eigenvalue weighted by Gasteiger charge is -2.08. The lowest BCUT2D eigenvalue weighted by molar-refractivity contribution is 0.632. The summed E-state index contributed by atoms with van der Waals surface area (Å²) in [4.78, 5) is 12.4. The molecule has 27 heavy (non-hydrogen) atoms. The summed E-state index contributed by atoms with van der Waals surface area (Å²) >= 11 is 0. The molecular weight excluding hydrogens is 347 g/mol. The Balaban J connectivity index is 1.59.